The monoisotopic (exact) mass is 522 g/mol. The van der Waals surface area contributed by atoms with Crippen LogP contribution in [0.3, 0.4) is 0 Å². The Labute approximate surface area is 217 Å². The van der Waals surface area contributed by atoms with E-state index in [2.05, 4.69) is 27.2 Å². The number of carbonyl (C=O) groups excluding carboxylic acids is 1. The van der Waals surface area contributed by atoms with Gasteiger partial charge in [0.25, 0.3) is 0 Å². The molecule has 0 radical (unpaired) electrons. The first-order valence-corrected chi connectivity index (χ1v) is 11.5. The summed E-state index contributed by atoms with van der Waals surface area (Å²) < 4.78 is 18.4. The number of nitro benzene ring substituents is 1. The van der Waals surface area contributed by atoms with Gasteiger partial charge in [-0.25, -0.2) is 5.43 Å². The van der Waals surface area contributed by atoms with E-state index < -0.39 is 10.8 Å². The van der Waals surface area contributed by atoms with Gasteiger partial charge in [-0.2, -0.15) is 5.10 Å². The molecule has 0 saturated carbocycles. The van der Waals surface area contributed by atoms with Gasteiger partial charge < -0.3 is 18.5 Å². The Morgan fingerprint density at radius 2 is 1.84 bits per heavy atom. The Morgan fingerprint density at radius 3 is 2.49 bits per heavy atom. The van der Waals surface area contributed by atoms with Gasteiger partial charge in [0.15, 0.2) is 5.76 Å². The van der Waals surface area contributed by atoms with E-state index in [1.165, 1.54) is 31.5 Å². The predicted molar refractivity (Wildman–Crippen MR) is 138 cm³/mol. The quantitative estimate of drug-likeness (QED) is 0.173. The number of hydrazone groups is 1. The Balaban J connectivity index is 1.34. The Bertz CT molecular complexity index is 1450. The standard InChI is InChI=1S/C26H23ClN4O6/c1-16-4-5-17(2)30(16)19-6-8-20(9-7-19)36-15-21-10-11-24(37-21)26(32)29-28-14-18-12-22(27)25(35-3)23(13-18)31(33)34/h4-14H,15H2,1-3H3,(H,29,32)/b28-14+. The van der Waals surface area contributed by atoms with Crippen molar-refractivity contribution in [3.8, 4) is 17.2 Å². The summed E-state index contributed by atoms with van der Waals surface area (Å²) in [6.45, 7) is 4.23. The first kappa shape index (κ1) is 25.5. The van der Waals surface area contributed by atoms with Crippen LogP contribution < -0.4 is 14.9 Å². The fraction of sp³-hybridized carbons (Fsp3) is 0.154. The number of hydrogen-bond acceptors (Lipinski definition) is 7. The second kappa shape index (κ2) is 11.0. The van der Waals surface area contributed by atoms with Gasteiger partial charge in [0.05, 0.1) is 23.3 Å². The number of rotatable bonds is 9. The first-order valence-electron chi connectivity index (χ1n) is 11.1. The molecular formula is C26H23ClN4O6. The molecule has 0 unspecified atom stereocenters. The average molecular weight is 523 g/mol. The molecule has 0 aliphatic rings. The smallest absolute Gasteiger partial charge is 0.313 e. The minimum atomic E-state index is -0.619. The lowest BCUT2D eigenvalue weighted by Gasteiger charge is -2.10. The number of methoxy groups -OCH3 is 1. The molecule has 0 saturated heterocycles. The first-order chi connectivity index (χ1) is 17.8. The molecule has 0 aliphatic carbocycles. The molecule has 11 heteroatoms. The normalized spacial score (nSPS) is 11.0. The molecule has 0 atom stereocenters. The zero-order valence-corrected chi connectivity index (χ0v) is 21.0. The minimum absolute atomic E-state index is 0.0309. The number of amides is 1. The SMILES string of the molecule is COc1c(Cl)cc(/C=N/NC(=O)c2ccc(COc3ccc(-n4c(C)ccc4C)cc3)o2)cc1[N+](=O)[O-]. The van der Waals surface area contributed by atoms with Crippen molar-refractivity contribution < 1.29 is 23.6 Å². The van der Waals surface area contributed by atoms with E-state index in [9.17, 15) is 14.9 Å². The molecule has 0 bridgehead atoms. The number of hydrogen-bond donors (Lipinski definition) is 1. The van der Waals surface area contributed by atoms with Crippen LogP contribution in [0.4, 0.5) is 5.69 Å². The third-order valence-corrected chi connectivity index (χ3v) is 5.74. The van der Waals surface area contributed by atoms with Crippen LogP contribution in [0.25, 0.3) is 5.69 Å². The molecular weight excluding hydrogens is 500 g/mol. The van der Waals surface area contributed by atoms with Crippen LogP contribution in [0.5, 0.6) is 11.5 Å². The molecule has 1 amide bonds. The lowest BCUT2D eigenvalue weighted by atomic mass is 10.2. The van der Waals surface area contributed by atoms with E-state index in [4.69, 9.17) is 25.5 Å². The second-order valence-corrected chi connectivity index (χ2v) is 8.42. The van der Waals surface area contributed by atoms with Gasteiger partial charge >= 0.3 is 11.6 Å². The molecule has 0 aliphatic heterocycles. The Morgan fingerprint density at radius 1 is 1.14 bits per heavy atom. The molecule has 0 spiro atoms. The topological polar surface area (TPSA) is 121 Å². The Hall–Kier alpha value is -4.57. The van der Waals surface area contributed by atoms with Crippen LogP contribution in [-0.2, 0) is 6.61 Å². The van der Waals surface area contributed by atoms with Crippen LogP contribution in [0.1, 0.15) is 33.3 Å². The number of carbonyl (C=O) groups is 1. The molecule has 2 aromatic carbocycles. The highest BCUT2D eigenvalue weighted by atomic mass is 35.5. The summed E-state index contributed by atoms with van der Waals surface area (Å²) in [7, 11) is 1.28. The minimum Gasteiger partial charge on any atom is -0.489 e. The van der Waals surface area contributed by atoms with E-state index in [-0.39, 0.29) is 28.8 Å². The van der Waals surface area contributed by atoms with Crippen molar-refractivity contribution in [3.05, 3.63) is 104 Å². The van der Waals surface area contributed by atoms with E-state index in [0.717, 1.165) is 17.1 Å². The zero-order valence-electron chi connectivity index (χ0n) is 20.2. The summed E-state index contributed by atoms with van der Waals surface area (Å²) in [4.78, 5) is 22.9. The maximum atomic E-state index is 12.4. The number of benzene rings is 2. The summed E-state index contributed by atoms with van der Waals surface area (Å²) in [6.07, 6.45) is 1.23. The number of aryl methyl sites for hydroxylation is 2. The van der Waals surface area contributed by atoms with Crippen molar-refractivity contribution in [2.45, 2.75) is 20.5 Å². The molecule has 190 valence electrons. The van der Waals surface area contributed by atoms with E-state index >= 15 is 0 Å². The van der Waals surface area contributed by atoms with Crippen LogP contribution >= 0.6 is 11.6 Å². The van der Waals surface area contributed by atoms with Crippen LogP contribution in [-0.4, -0.2) is 28.7 Å². The molecule has 0 fully saturated rings. The van der Waals surface area contributed by atoms with Crippen LogP contribution in [0, 0.1) is 24.0 Å². The Kier molecular flexibility index (Phi) is 7.59. The number of halogens is 1. The van der Waals surface area contributed by atoms with Crippen molar-refractivity contribution in [2.24, 2.45) is 5.10 Å². The number of nitrogens with zero attached hydrogens (tertiary/aromatic N) is 3. The highest BCUT2D eigenvalue weighted by Crippen LogP contribution is 2.35. The molecule has 4 aromatic rings. The van der Waals surface area contributed by atoms with Crippen molar-refractivity contribution in [1.82, 2.24) is 9.99 Å². The third-order valence-electron chi connectivity index (χ3n) is 5.46. The highest BCUT2D eigenvalue weighted by Gasteiger charge is 2.19. The summed E-state index contributed by atoms with van der Waals surface area (Å²) in [5, 5.41) is 15.1. The lowest BCUT2D eigenvalue weighted by Crippen LogP contribution is -2.16. The number of furan rings is 1. The fourth-order valence-corrected chi connectivity index (χ4v) is 4.03. The third kappa shape index (κ3) is 5.81. The van der Waals surface area contributed by atoms with Crippen molar-refractivity contribution in [3.63, 3.8) is 0 Å². The largest absolute Gasteiger partial charge is 0.489 e. The van der Waals surface area contributed by atoms with E-state index in [1.807, 2.05) is 38.1 Å². The molecule has 1 N–H and O–H groups in total. The predicted octanol–water partition coefficient (Wildman–Crippen LogP) is 5.60. The maximum Gasteiger partial charge on any atom is 0.313 e. The molecule has 2 aromatic heterocycles. The van der Waals surface area contributed by atoms with Gasteiger partial charge in [0.1, 0.15) is 18.1 Å². The summed E-state index contributed by atoms with van der Waals surface area (Å²) >= 11 is 6.03. The average Bonchev–Trinajstić information content (AvgIpc) is 3.49. The van der Waals surface area contributed by atoms with Crippen molar-refractivity contribution >= 4 is 29.4 Å². The zero-order chi connectivity index (χ0) is 26.5. The van der Waals surface area contributed by atoms with E-state index in [1.54, 1.807) is 6.07 Å². The van der Waals surface area contributed by atoms with Gasteiger partial charge in [-0.1, -0.05) is 11.6 Å². The van der Waals surface area contributed by atoms with E-state index in [0.29, 0.717) is 17.1 Å². The van der Waals surface area contributed by atoms with Crippen molar-refractivity contribution in [2.75, 3.05) is 7.11 Å². The number of nitrogens with one attached hydrogen (secondary N) is 1. The second-order valence-electron chi connectivity index (χ2n) is 8.01. The van der Waals surface area contributed by atoms with Gasteiger partial charge in [0.2, 0.25) is 5.75 Å². The molecule has 4 rings (SSSR count). The lowest BCUT2D eigenvalue weighted by molar-refractivity contribution is -0.385. The summed E-state index contributed by atoms with van der Waals surface area (Å²) in [6, 6.07) is 17.6. The molecule has 10 nitrogen and oxygen atoms in total. The molecule has 37 heavy (non-hydrogen) atoms. The fourth-order valence-electron chi connectivity index (χ4n) is 3.73. The maximum absolute atomic E-state index is 12.4. The summed E-state index contributed by atoms with van der Waals surface area (Å²) in [5.74, 6) is 0.486. The van der Waals surface area contributed by atoms with Crippen molar-refractivity contribution in [1.29, 1.82) is 0 Å². The number of nitro groups is 1. The van der Waals surface area contributed by atoms with Gasteiger partial charge in [-0.15, -0.1) is 0 Å². The van der Waals surface area contributed by atoms with Gasteiger partial charge in [0, 0.05) is 28.7 Å². The van der Waals surface area contributed by atoms with Gasteiger partial charge in [-0.05, 0) is 68.4 Å². The highest BCUT2D eigenvalue weighted by molar-refractivity contribution is 6.32. The number of ether oxygens (including phenoxy) is 2. The van der Waals surface area contributed by atoms with Crippen LogP contribution in [0.2, 0.25) is 5.02 Å². The van der Waals surface area contributed by atoms with Gasteiger partial charge in [-0.3, -0.25) is 14.9 Å². The number of aromatic nitrogens is 1. The van der Waals surface area contributed by atoms with Crippen LogP contribution in [0.15, 0.2) is 70.2 Å². The summed E-state index contributed by atoms with van der Waals surface area (Å²) in [5.41, 5.74) is 5.62. The molecule has 2 heterocycles.